The number of carbonyl (C=O) groups is 1. The van der Waals surface area contributed by atoms with Gasteiger partial charge in [0.05, 0.1) is 16.3 Å². The van der Waals surface area contributed by atoms with E-state index in [0.717, 1.165) is 12.1 Å². The van der Waals surface area contributed by atoms with Gasteiger partial charge in [-0.2, -0.15) is 0 Å². The predicted octanol–water partition coefficient (Wildman–Crippen LogP) is 4.21. The minimum absolute atomic E-state index is 0.0279. The van der Waals surface area contributed by atoms with E-state index in [2.05, 4.69) is 0 Å². The van der Waals surface area contributed by atoms with Crippen LogP contribution < -0.4 is 10.5 Å². The highest BCUT2D eigenvalue weighted by atomic mass is 35.5. The van der Waals surface area contributed by atoms with E-state index in [9.17, 15) is 9.18 Å². The molecule has 0 aliphatic rings. The third-order valence-corrected chi connectivity index (χ3v) is 3.27. The molecule has 4 nitrogen and oxygen atoms in total. The Kier molecular flexibility index (Phi) is 4.01. The van der Waals surface area contributed by atoms with Crippen molar-refractivity contribution in [2.75, 3.05) is 5.73 Å². The number of anilines is 1. The van der Waals surface area contributed by atoms with Crippen molar-refractivity contribution in [1.29, 1.82) is 0 Å². The molecule has 0 aromatic heterocycles. The number of hydrogen-bond acceptors (Lipinski definition) is 3. The molecule has 0 amide bonds. The predicted molar refractivity (Wildman–Crippen MR) is 74.3 cm³/mol. The minimum Gasteiger partial charge on any atom is -0.478 e. The van der Waals surface area contributed by atoms with Crippen LogP contribution >= 0.6 is 23.2 Å². The number of ether oxygens (including phenoxy) is 1. The summed E-state index contributed by atoms with van der Waals surface area (Å²) in [6.45, 7) is 0. The highest BCUT2D eigenvalue weighted by molar-refractivity contribution is 6.42. The molecule has 0 spiro atoms. The first kappa shape index (κ1) is 14.4. The highest BCUT2D eigenvalue weighted by Gasteiger charge is 2.16. The molecule has 20 heavy (non-hydrogen) atoms. The second-order valence-electron chi connectivity index (χ2n) is 3.83. The van der Waals surface area contributed by atoms with Crippen LogP contribution in [0.2, 0.25) is 10.0 Å². The summed E-state index contributed by atoms with van der Waals surface area (Å²) >= 11 is 11.8. The van der Waals surface area contributed by atoms with Gasteiger partial charge in [0, 0.05) is 6.07 Å². The lowest BCUT2D eigenvalue weighted by atomic mass is 10.1. The smallest absolute Gasteiger partial charge is 0.338 e. The van der Waals surface area contributed by atoms with E-state index in [0.29, 0.717) is 0 Å². The summed E-state index contributed by atoms with van der Waals surface area (Å²) in [4.78, 5) is 10.8. The van der Waals surface area contributed by atoms with Crippen LogP contribution in [0.1, 0.15) is 10.4 Å². The topological polar surface area (TPSA) is 72.6 Å². The molecule has 104 valence electrons. The molecule has 0 fully saturated rings. The van der Waals surface area contributed by atoms with Gasteiger partial charge < -0.3 is 15.6 Å². The molecule has 2 aromatic carbocycles. The first-order chi connectivity index (χ1) is 9.40. The van der Waals surface area contributed by atoms with Gasteiger partial charge in [0.1, 0.15) is 16.6 Å². The summed E-state index contributed by atoms with van der Waals surface area (Å²) in [5.41, 5.74) is 5.07. The monoisotopic (exact) mass is 315 g/mol. The van der Waals surface area contributed by atoms with E-state index in [4.69, 9.17) is 38.8 Å². The molecule has 0 aliphatic heterocycles. The summed E-state index contributed by atoms with van der Waals surface area (Å²) in [7, 11) is 0. The van der Waals surface area contributed by atoms with E-state index < -0.39 is 17.3 Å². The number of rotatable bonds is 3. The van der Waals surface area contributed by atoms with Crippen LogP contribution in [0.5, 0.6) is 11.5 Å². The SMILES string of the molecule is Nc1cc(C(=O)O)c(F)cc1Oc1cccc(Cl)c1Cl. The van der Waals surface area contributed by atoms with E-state index >= 15 is 0 Å². The van der Waals surface area contributed by atoms with Crippen molar-refractivity contribution >= 4 is 34.9 Å². The minimum atomic E-state index is -1.42. The van der Waals surface area contributed by atoms with Gasteiger partial charge in [-0.3, -0.25) is 0 Å². The second kappa shape index (κ2) is 5.56. The zero-order valence-electron chi connectivity index (χ0n) is 9.86. The highest BCUT2D eigenvalue weighted by Crippen LogP contribution is 2.37. The van der Waals surface area contributed by atoms with Crippen molar-refractivity contribution in [3.8, 4) is 11.5 Å². The molecule has 0 atom stereocenters. The van der Waals surface area contributed by atoms with Crippen LogP contribution in [0.15, 0.2) is 30.3 Å². The molecular weight excluding hydrogens is 308 g/mol. The third-order valence-electron chi connectivity index (χ3n) is 2.47. The quantitative estimate of drug-likeness (QED) is 0.832. The van der Waals surface area contributed by atoms with Gasteiger partial charge in [-0.05, 0) is 18.2 Å². The average Bonchev–Trinajstić information content (AvgIpc) is 2.38. The largest absolute Gasteiger partial charge is 0.478 e. The van der Waals surface area contributed by atoms with E-state index in [1.54, 1.807) is 12.1 Å². The molecule has 2 aromatic rings. The fraction of sp³-hybridized carbons (Fsp3) is 0. The molecule has 3 N–H and O–H groups in total. The van der Waals surface area contributed by atoms with Crippen LogP contribution in [-0.2, 0) is 0 Å². The molecule has 0 saturated heterocycles. The Hall–Kier alpha value is -1.98. The molecule has 0 bridgehead atoms. The van der Waals surface area contributed by atoms with Crippen molar-refractivity contribution in [2.45, 2.75) is 0 Å². The Labute approximate surface area is 123 Å². The molecule has 0 radical (unpaired) electrons. The van der Waals surface area contributed by atoms with Crippen molar-refractivity contribution in [3.05, 3.63) is 51.8 Å². The molecule has 2 rings (SSSR count). The summed E-state index contributed by atoms with van der Waals surface area (Å²) in [5.74, 6) is -2.23. The lowest BCUT2D eigenvalue weighted by Gasteiger charge is -2.11. The number of aromatic carboxylic acids is 1. The van der Waals surface area contributed by atoms with Crippen LogP contribution in [0, 0.1) is 5.82 Å². The molecule has 0 unspecified atom stereocenters. The van der Waals surface area contributed by atoms with E-state index in [-0.39, 0.29) is 27.2 Å². The van der Waals surface area contributed by atoms with Gasteiger partial charge in [-0.15, -0.1) is 0 Å². The molecular formula is C13H8Cl2FNO3. The molecule has 7 heteroatoms. The number of nitrogens with two attached hydrogens (primary N) is 1. The van der Waals surface area contributed by atoms with Crippen molar-refractivity contribution in [2.24, 2.45) is 0 Å². The van der Waals surface area contributed by atoms with Gasteiger partial charge in [-0.1, -0.05) is 29.3 Å². The first-order valence-electron chi connectivity index (χ1n) is 5.34. The zero-order valence-corrected chi connectivity index (χ0v) is 11.4. The standard InChI is InChI=1S/C13H8Cl2FNO3/c14-7-2-1-3-10(12(7)15)20-11-5-8(16)6(13(18)19)4-9(11)17/h1-5H,17H2,(H,18,19). The molecule has 0 heterocycles. The zero-order chi connectivity index (χ0) is 14.9. The van der Waals surface area contributed by atoms with Gasteiger partial charge in [0.15, 0.2) is 5.75 Å². The van der Waals surface area contributed by atoms with Crippen LogP contribution in [0.4, 0.5) is 10.1 Å². The Morgan fingerprint density at radius 2 is 1.95 bits per heavy atom. The fourth-order valence-electron chi connectivity index (χ4n) is 1.51. The van der Waals surface area contributed by atoms with Gasteiger partial charge in [-0.25, -0.2) is 9.18 Å². The normalized spacial score (nSPS) is 10.3. The van der Waals surface area contributed by atoms with Crippen LogP contribution in [0.25, 0.3) is 0 Å². The Bertz CT molecular complexity index is 692. The average molecular weight is 316 g/mol. The second-order valence-corrected chi connectivity index (χ2v) is 4.61. The van der Waals surface area contributed by atoms with Gasteiger partial charge in [0.25, 0.3) is 0 Å². The summed E-state index contributed by atoms with van der Waals surface area (Å²) in [5, 5.41) is 9.19. The van der Waals surface area contributed by atoms with Crippen molar-refractivity contribution in [3.63, 3.8) is 0 Å². The Morgan fingerprint density at radius 3 is 2.60 bits per heavy atom. The fourth-order valence-corrected chi connectivity index (χ4v) is 1.84. The number of carboxylic acid groups (broad SMARTS) is 1. The van der Waals surface area contributed by atoms with Crippen molar-refractivity contribution in [1.82, 2.24) is 0 Å². The van der Waals surface area contributed by atoms with Crippen LogP contribution in [-0.4, -0.2) is 11.1 Å². The summed E-state index contributed by atoms with van der Waals surface area (Å²) < 4.78 is 18.9. The summed E-state index contributed by atoms with van der Waals surface area (Å²) in [6.07, 6.45) is 0. The maximum Gasteiger partial charge on any atom is 0.338 e. The Morgan fingerprint density at radius 1 is 1.25 bits per heavy atom. The van der Waals surface area contributed by atoms with E-state index in [1.165, 1.54) is 6.07 Å². The van der Waals surface area contributed by atoms with E-state index in [1.807, 2.05) is 0 Å². The number of benzene rings is 2. The van der Waals surface area contributed by atoms with Crippen LogP contribution in [0.3, 0.4) is 0 Å². The molecule has 0 aliphatic carbocycles. The summed E-state index contributed by atoms with van der Waals surface area (Å²) in [6, 6.07) is 6.55. The maximum atomic E-state index is 13.6. The third kappa shape index (κ3) is 2.79. The maximum absolute atomic E-state index is 13.6. The number of hydrogen-bond donors (Lipinski definition) is 2. The number of nitrogen functional groups attached to an aromatic ring is 1. The lowest BCUT2D eigenvalue weighted by Crippen LogP contribution is -2.03. The number of halogens is 3. The van der Waals surface area contributed by atoms with Gasteiger partial charge in [0.2, 0.25) is 0 Å². The molecule has 0 saturated carbocycles. The van der Waals surface area contributed by atoms with Gasteiger partial charge >= 0.3 is 5.97 Å². The van der Waals surface area contributed by atoms with Crippen molar-refractivity contribution < 1.29 is 19.0 Å². The lowest BCUT2D eigenvalue weighted by molar-refractivity contribution is 0.0692. The number of carboxylic acids is 1. The Balaban J connectivity index is 2.42. The first-order valence-corrected chi connectivity index (χ1v) is 6.10.